The van der Waals surface area contributed by atoms with Crippen molar-refractivity contribution in [3.05, 3.63) is 6.33 Å². The Morgan fingerprint density at radius 3 is 2.94 bits per heavy atom. The Balaban J connectivity index is 2.23. The van der Waals surface area contributed by atoms with E-state index in [1.165, 1.54) is 6.42 Å². The topological polar surface area (TPSA) is 50.3 Å². The average Bonchev–Trinajstić information content (AvgIpc) is 2.82. The molecule has 1 saturated heterocycles. The van der Waals surface area contributed by atoms with Gasteiger partial charge >= 0.3 is 0 Å². The quantitative estimate of drug-likeness (QED) is 0.867. The van der Waals surface area contributed by atoms with Crippen molar-refractivity contribution in [2.45, 2.75) is 26.7 Å². The molecule has 1 aromatic heterocycles. The van der Waals surface area contributed by atoms with Gasteiger partial charge in [0.05, 0.1) is 7.11 Å². The number of ether oxygens (including phenoxy) is 1. The van der Waals surface area contributed by atoms with E-state index in [9.17, 15) is 0 Å². The number of nitrogens with one attached hydrogen (secondary N) is 1. The summed E-state index contributed by atoms with van der Waals surface area (Å²) in [4.78, 5) is 10.9. The van der Waals surface area contributed by atoms with Gasteiger partial charge in [0.25, 0.3) is 0 Å². The fourth-order valence-corrected chi connectivity index (χ4v) is 2.27. The molecular weight excluding hydrogens is 228 g/mol. The van der Waals surface area contributed by atoms with Gasteiger partial charge in [0, 0.05) is 19.6 Å². The summed E-state index contributed by atoms with van der Waals surface area (Å²) in [6.07, 6.45) is 3.88. The van der Waals surface area contributed by atoms with Crippen LogP contribution in [0.1, 0.15) is 26.7 Å². The Bertz CT molecular complexity index is 397. The highest BCUT2D eigenvalue weighted by Gasteiger charge is 2.24. The predicted octanol–water partition coefficient (Wildman–Crippen LogP) is 2.15. The van der Waals surface area contributed by atoms with Gasteiger partial charge in [0.1, 0.15) is 6.33 Å². The third-order valence-electron chi connectivity index (χ3n) is 3.26. The number of nitrogens with zero attached hydrogens (tertiary/aromatic N) is 3. The van der Waals surface area contributed by atoms with Gasteiger partial charge in [-0.1, -0.05) is 13.8 Å². The predicted molar refractivity (Wildman–Crippen MR) is 73.4 cm³/mol. The molecule has 5 nitrogen and oxygen atoms in total. The molecule has 0 saturated carbocycles. The molecule has 1 unspecified atom stereocenters. The maximum absolute atomic E-state index is 5.49. The summed E-state index contributed by atoms with van der Waals surface area (Å²) >= 11 is 0. The van der Waals surface area contributed by atoms with Crippen molar-refractivity contribution in [3.63, 3.8) is 0 Å². The van der Waals surface area contributed by atoms with Crippen LogP contribution in [-0.2, 0) is 0 Å². The van der Waals surface area contributed by atoms with Crippen molar-refractivity contribution < 1.29 is 4.74 Å². The van der Waals surface area contributed by atoms with Crippen molar-refractivity contribution in [2.75, 3.05) is 37.0 Å². The van der Waals surface area contributed by atoms with E-state index in [0.717, 1.165) is 49.4 Å². The van der Waals surface area contributed by atoms with E-state index in [4.69, 9.17) is 4.74 Å². The molecule has 100 valence electrons. The molecule has 1 atom stereocenters. The van der Waals surface area contributed by atoms with Crippen molar-refractivity contribution in [1.82, 2.24) is 9.97 Å². The number of anilines is 2. The number of aromatic nitrogens is 2. The van der Waals surface area contributed by atoms with Gasteiger partial charge in [-0.2, -0.15) is 0 Å². The lowest BCUT2D eigenvalue weighted by atomic mass is 10.2. The summed E-state index contributed by atoms with van der Waals surface area (Å²) in [5.41, 5.74) is 0. The van der Waals surface area contributed by atoms with Gasteiger partial charge in [-0.15, -0.1) is 0 Å². The maximum atomic E-state index is 5.49. The summed E-state index contributed by atoms with van der Waals surface area (Å²) in [6.45, 7) is 7.37. The Kier molecular flexibility index (Phi) is 4.23. The molecule has 1 aromatic rings. The van der Waals surface area contributed by atoms with Gasteiger partial charge in [-0.3, -0.25) is 0 Å². The first-order valence-electron chi connectivity index (χ1n) is 6.64. The Morgan fingerprint density at radius 1 is 1.50 bits per heavy atom. The summed E-state index contributed by atoms with van der Waals surface area (Å²) in [7, 11) is 1.68. The lowest BCUT2D eigenvalue weighted by Gasteiger charge is -2.21. The number of methoxy groups -OCH3 is 1. The molecule has 5 heteroatoms. The highest BCUT2D eigenvalue weighted by atomic mass is 16.5. The first-order valence-corrected chi connectivity index (χ1v) is 6.64. The minimum Gasteiger partial charge on any atom is -0.490 e. The smallest absolute Gasteiger partial charge is 0.204 e. The Labute approximate surface area is 109 Å². The highest BCUT2D eigenvalue weighted by Crippen LogP contribution is 2.34. The summed E-state index contributed by atoms with van der Waals surface area (Å²) in [6, 6.07) is 0. The second kappa shape index (κ2) is 5.89. The molecule has 2 rings (SSSR count). The molecule has 1 aliphatic rings. The van der Waals surface area contributed by atoms with Crippen LogP contribution in [-0.4, -0.2) is 36.7 Å². The van der Waals surface area contributed by atoms with Crippen LogP contribution in [0.3, 0.4) is 0 Å². The molecule has 2 heterocycles. The fourth-order valence-electron chi connectivity index (χ4n) is 2.27. The summed E-state index contributed by atoms with van der Waals surface area (Å²) in [5, 5.41) is 3.29. The Morgan fingerprint density at radius 2 is 2.33 bits per heavy atom. The van der Waals surface area contributed by atoms with Crippen LogP contribution in [0.2, 0.25) is 0 Å². The molecule has 0 amide bonds. The molecule has 0 radical (unpaired) electrons. The molecular formula is C13H22N4O. The minimum atomic E-state index is 0.719. The third-order valence-corrected chi connectivity index (χ3v) is 3.26. The van der Waals surface area contributed by atoms with Gasteiger partial charge in [-0.05, 0) is 18.8 Å². The lowest BCUT2D eigenvalue weighted by molar-refractivity contribution is 0.412. The molecule has 0 spiro atoms. The minimum absolute atomic E-state index is 0.719. The van der Waals surface area contributed by atoms with E-state index in [1.54, 1.807) is 13.4 Å². The van der Waals surface area contributed by atoms with Crippen LogP contribution in [0.25, 0.3) is 0 Å². The first kappa shape index (κ1) is 12.9. The second-order valence-electron chi connectivity index (χ2n) is 4.85. The van der Waals surface area contributed by atoms with E-state index in [2.05, 4.69) is 34.0 Å². The largest absolute Gasteiger partial charge is 0.490 e. The van der Waals surface area contributed by atoms with Crippen LogP contribution >= 0.6 is 0 Å². The van der Waals surface area contributed by atoms with Crippen molar-refractivity contribution in [1.29, 1.82) is 0 Å². The van der Waals surface area contributed by atoms with E-state index in [0.29, 0.717) is 0 Å². The molecule has 1 fully saturated rings. The van der Waals surface area contributed by atoms with E-state index in [1.807, 2.05) is 0 Å². The summed E-state index contributed by atoms with van der Waals surface area (Å²) in [5.74, 6) is 3.19. The SMILES string of the molecule is CCCNc1ncnc(N2CCC(C)C2)c1OC. The van der Waals surface area contributed by atoms with E-state index in [-0.39, 0.29) is 0 Å². The third kappa shape index (κ3) is 2.66. The van der Waals surface area contributed by atoms with Crippen molar-refractivity contribution >= 4 is 11.6 Å². The zero-order valence-electron chi connectivity index (χ0n) is 11.4. The van der Waals surface area contributed by atoms with Crippen LogP contribution in [0.15, 0.2) is 6.33 Å². The maximum Gasteiger partial charge on any atom is 0.204 e. The lowest BCUT2D eigenvalue weighted by Crippen LogP contribution is -2.22. The van der Waals surface area contributed by atoms with Crippen LogP contribution in [0.5, 0.6) is 5.75 Å². The molecule has 18 heavy (non-hydrogen) atoms. The van der Waals surface area contributed by atoms with Crippen LogP contribution in [0.4, 0.5) is 11.6 Å². The normalized spacial score (nSPS) is 19.1. The van der Waals surface area contributed by atoms with Crippen LogP contribution in [0, 0.1) is 5.92 Å². The van der Waals surface area contributed by atoms with Crippen LogP contribution < -0.4 is 15.0 Å². The summed E-state index contributed by atoms with van der Waals surface area (Å²) < 4.78 is 5.49. The monoisotopic (exact) mass is 250 g/mol. The van der Waals surface area contributed by atoms with E-state index < -0.39 is 0 Å². The molecule has 1 aliphatic heterocycles. The zero-order valence-corrected chi connectivity index (χ0v) is 11.4. The Hall–Kier alpha value is -1.52. The van der Waals surface area contributed by atoms with Crippen molar-refractivity contribution in [3.8, 4) is 5.75 Å². The van der Waals surface area contributed by atoms with E-state index >= 15 is 0 Å². The molecule has 0 aromatic carbocycles. The standard InChI is InChI=1S/C13H22N4O/c1-4-6-14-12-11(18-3)13(16-9-15-12)17-7-5-10(2)8-17/h9-10H,4-8H2,1-3H3,(H,14,15,16). The van der Waals surface area contributed by atoms with Gasteiger partial charge in [-0.25, -0.2) is 9.97 Å². The second-order valence-corrected chi connectivity index (χ2v) is 4.85. The molecule has 0 bridgehead atoms. The van der Waals surface area contributed by atoms with Gasteiger partial charge < -0.3 is 15.0 Å². The number of hydrogen-bond acceptors (Lipinski definition) is 5. The number of hydrogen-bond donors (Lipinski definition) is 1. The first-order chi connectivity index (χ1) is 8.76. The highest BCUT2D eigenvalue weighted by molar-refractivity contribution is 5.65. The average molecular weight is 250 g/mol. The fraction of sp³-hybridized carbons (Fsp3) is 0.692. The van der Waals surface area contributed by atoms with Gasteiger partial charge in [0.15, 0.2) is 11.6 Å². The zero-order chi connectivity index (χ0) is 13.0. The molecule has 1 N–H and O–H groups in total. The number of rotatable bonds is 5. The van der Waals surface area contributed by atoms with Crippen molar-refractivity contribution in [2.24, 2.45) is 5.92 Å². The van der Waals surface area contributed by atoms with Gasteiger partial charge in [0.2, 0.25) is 5.75 Å². The molecule has 0 aliphatic carbocycles.